The molecule has 0 unspecified atom stereocenters. The Labute approximate surface area is 81.9 Å². The van der Waals surface area contributed by atoms with Crippen LogP contribution in [0.25, 0.3) is 10.9 Å². The van der Waals surface area contributed by atoms with Gasteiger partial charge in [0.05, 0.1) is 6.04 Å². The monoisotopic (exact) mass is 186 g/mol. The molecule has 2 aromatic rings. The highest BCUT2D eigenvalue weighted by molar-refractivity contribution is 5.83. The van der Waals surface area contributed by atoms with Crippen molar-refractivity contribution in [2.45, 2.75) is 12.5 Å². The summed E-state index contributed by atoms with van der Waals surface area (Å²) in [7, 11) is 0. The first-order valence-corrected chi connectivity index (χ1v) is 4.45. The van der Waals surface area contributed by atoms with Crippen LogP contribution in [0.2, 0.25) is 0 Å². The summed E-state index contributed by atoms with van der Waals surface area (Å²) in [4.78, 5) is 13.3. The highest BCUT2D eigenvalue weighted by Crippen LogP contribution is 2.18. The van der Waals surface area contributed by atoms with E-state index in [4.69, 9.17) is 5.73 Å². The van der Waals surface area contributed by atoms with Crippen LogP contribution in [-0.2, 0) is 11.2 Å². The molecule has 2 N–H and O–H groups in total. The number of aromatic nitrogens is 1. The van der Waals surface area contributed by atoms with Gasteiger partial charge in [0.25, 0.3) is 0 Å². The summed E-state index contributed by atoms with van der Waals surface area (Å²) in [5.74, 6) is 0. The lowest BCUT2D eigenvalue weighted by Gasteiger charge is -1.99. The lowest BCUT2D eigenvalue weighted by Crippen LogP contribution is -2.13. The quantitative estimate of drug-likeness (QED) is 0.775. The number of aromatic amines is 1. The number of rotatable bonds is 3. The standard InChI is InChI=1S/C11H10N2O/c12-9(7-14)5-8-6-13-11-4-2-1-3-10(8)11/h1-4,6,9,12-13H,5H2/t9-/m0/s1. The van der Waals surface area contributed by atoms with Crippen molar-refractivity contribution in [3.8, 4) is 0 Å². The molecule has 0 amide bonds. The Morgan fingerprint density at radius 3 is 3.00 bits per heavy atom. The fourth-order valence-electron chi connectivity index (χ4n) is 1.56. The summed E-state index contributed by atoms with van der Waals surface area (Å²) in [6.07, 6.45) is 3.95. The van der Waals surface area contributed by atoms with Gasteiger partial charge in [-0.2, -0.15) is 0 Å². The van der Waals surface area contributed by atoms with E-state index in [2.05, 4.69) is 4.98 Å². The maximum atomic E-state index is 10.2. The maximum Gasteiger partial charge on any atom is 0.218 e. The second kappa shape index (κ2) is 3.64. The Morgan fingerprint density at radius 2 is 2.21 bits per heavy atom. The van der Waals surface area contributed by atoms with Crippen LogP contribution < -0.4 is 5.73 Å². The van der Waals surface area contributed by atoms with Crippen LogP contribution >= 0.6 is 0 Å². The summed E-state index contributed by atoms with van der Waals surface area (Å²) in [6, 6.07) is 7.07. The minimum atomic E-state index is -0.783. The van der Waals surface area contributed by atoms with E-state index in [0.29, 0.717) is 6.42 Å². The zero-order chi connectivity index (χ0) is 9.97. The molecule has 0 fully saturated rings. The number of fused-ring (bicyclic) bond motifs is 1. The lowest BCUT2D eigenvalue weighted by atomic mass is 10.1. The normalized spacial score (nSPS) is 12.9. The van der Waals surface area contributed by atoms with Crippen molar-refractivity contribution in [2.24, 2.45) is 0 Å². The van der Waals surface area contributed by atoms with E-state index in [9.17, 15) is 4.79 Å². The molecule has 70 valence electrons. The first kappa shape index (κ1) is 8.97. The molecule has 3 nitrogen and oxygen atoms in total. The summed E-state index contributed by atoms with van der Waals surface area (Å²) < 4.78 is 0. The number of carbonyl (C=O) groups excluding carboxylic acids is 1. The predicted molar refractivity (Wildman–Crippen MR) is 54.6 cm³/mol. The van der Waals surface area contributed by atoms with E-state index in [0.717, 1.165) is 16.5 Å². The molecule has 1 aromatic carbocycles. The van der Waals surface area contributed by atoms with Crippen molar-refractivity contribution < 1.29 is 4.79 Å². The zero-order valence-electron chi connectivity index (χ0n) is 7.58. The second-order valence-electron chi connectivity index (χ2n) is 3.23. The minimum absolute atomic E-state index is 0.424. The van der Waals surface area contributed by atoms with Crippen molar-refractivity contribution in [3.05, 3.63) is 36.0 Å². The Balaban J connectivity index is 2.38. The van der Waals surface area contributed by atoms with Crippen LogP contribution in [0.4, 0.5) is 0 Å². The fourth-order valence-corrected chi connectivity index (χ4v) is 1.56. The van der Waals surface area contributed by atoms with Crippen molar-refractivity contribution in [1.82, 2.24) is 10.7 Å². The van der Waals surface area contributed by atoms with Crippen LogP contribution in [0.3, 0.4) is 0 Å². The third-order valence-electron chi connectivity index (χ3n) is 2.24. The average molecular weight is 186 g/mol. The highest BCUT2D eigenvalue weighted by Gasteiger charge is 2.08. The molecule has 0 aliphatic carbocycles. The fraction of sp³-hybridized carbons (Fsp3) is 0.182. The Bertz CT molecular complexity index is 447. The number of hydrogen-bond acceptors (Lipinski definition) is 1. The zero-order valence-corrected chi connectivity index (χ0v) is 7.58. The maximum absolute atomic E-state index is 10.2. The van der Waals surface area contributed by atoms with E-state index in [1.54, 1.807) is 6.29 Å². The van der Waals surface area contributed by atoms with Gasteiger partial charge < -0.3 is 4.98 Å². The van der Waals surface area contributed by atoms with Crippen molar-refractivity contribution in [2.75, 3.05) is 0 Å². The average Bonchev–Trinajstić information content (AvgIpc) is 2.62. The summed E-state index contributed by atoms with van der Waals surface area (Å²) in [5.41, 5.74) is 9.38. The first-order chi connectivity index (χ1) is 6.81. The number of para-hydroxylation sites is 1. The Morgan fingerprint density at radius 1 is 1.43 bits per heavy atom. The molecule has 0 bridgehead atoms. The summed E-state index contributed by atoms with van der Waals surface area (Å²) in [5, 5.41) is 1.08. The summed E-state index contributed by atoms with van der Waals surface area (Å²) in [6.45, 7) is 0. The van der Waals surface area contributed by atoms with Gasteiger partial charge in [-0.05, 0) is 18.1 Å². The van der Waals surface area contributed by atoms with Gasteiger partial charge in [-0.25, -0.2) is 5.73 Å². The molecule has 2 radical (unpaired) electrons. The predicted octanol–water partition coefficient (Wildman–Crippen LogP) is 1.47. The van der Waals surface area contributed by atoms with Crippen molar-refractivity contribution >= 4 is 17.2 Å². The topological polar surface area (TPSA) is 56.7 Å². The van der Waals surface area contributed by atoms with Crippen LogP contribution in [0, 0.1) is 0 Å². The SMILES string of the molecule is [NH][C@H]([C]=O)Cc1c[nH]c2ccccc12. The van der Waals surface area contributed by atoms with Gasteiger partial charge >= 0.3 is 0 Å². The van der Waals surface area contributed by atoms with E-state index in [1.165, 1.54) is 0 Å². The number of hydrogen-bond donors (Lipinski definition) is 1. The molecule has 3 heteroatoms. The number of H-pyrrole nitrogens is 1. The third kappa shape index (κ3) is 1.54. The van der Waals surface area contributed by atoms with Crippen LogP contribution in [0.5, 0.6) is 0 Å². The minimum Gasteiger partial charge on any atom is -0.361 e. The smallest absolute Gasteiger partial charge is 0.218 e. The largest absolute Gasteiger partial charge is 0.361 e. The number of benzene rings is 1. The molecular weight excluding hydrogens is 176 g/mol. The van der Waals surface area contributed by atoms with E-state index < -0.39 is 6.04 Å². The number of nitrogens with one attached hydrogen (secondary N) is 2. The van der Waals surface area contributed by atoms with Crippen LogP contribution in [0.1, 0.15) is 5.56 Å². The van der Waals surface area contributed by atoms with Gasteiger partial charge in [-0.1, -0.05) is 18.2 Å². The third-order valence-corrected chi connectivity index (χ3v) is 2.24. The van der Waals surface area contributed by atoms with Crippen LogP contribution in [0.15, 0.2) is 30.5 Å². The van der Waals surface area contributed by atoms with Crippen molar-refractivity contribution in [1.29, 1.82) is 0 Å². The molecule has 0 spiro atoms. The molecule has 0 aliphatic heterocycles. The molecule has 0 aliphatic rings. The van der Waals surface area contributed by atoms with Crippen LogP contribution in [-0.4, -0.2) is 17.3 Å². The van der Waals surface area contributed by atoms with Crippen molar-refractivity contribution in [3.63, 3.8) is 0 Å². The van der Waals surface area contributed by atoms with Gasteiger partial charge in [0.15, 0.2) is 0 Å². The summed E-state index contributed by atoms with van der Waals surface area (Å²) >= 11 is 0. The van der Waals surface area contributed by atoms with E-state index in [-0.39, 0.29) is 0 Å². The molecule has 1 aromatic heterocycles. The molecular formula is C11H10N2O. The Kier molecular flexibility index (Phi) is 2.33. The highest BCUT2D eigenvalue weighted by atomic mass is 16.1. The van der Waals surface area contributed by atoms with Gasteiger partial charge in [-0.3, -0.25) is 4.79 Å². The van der Waals surface area contributed by atoms with Gasteiger partial charge in [0, 0.05) is 17.1 Å². The molecule has 1 atom stereocenters. The van der Waals surface area contributed by atoms with Gasteiger partial charge in [-0.15, -0.1) is 0 Å². The van der Waals surface area contributed by atoms with E-state index >= 15 is 0 Å². The van der Waals surface area contributed by atoms with Gasteiger partial charge in [0.2, 0.25) is 6.29 Å². The lowest BCUT2D eigenvalue weighted by molar-refractivity contribution is 0.539. The van der Waals surface area contributed by atoms with Gasteiger partial charge in [0.1, 0.15) is 0 Å². The molecule has 1 heterocycles. The molecule has 0 saturated carbocycles. The van der Waals surface area contributed by atoms with E-state index in [1.807, 2.05) is 30.5 Å². The molecule has 2 rings (SSSR count). The molecule has 0 saturated heterocycles. The first-order valence-electron chi connectivity index (χ1n) is 4.45. The molecule has 14 heavy (non-hydrogen) atoms. The Hall–Kier alpha value is -1.61. The second-order valence-corrected chi connectivity index (χ2v) is 3.23.